The van der Waals surface area contributed by atoms with Crippen molar-refractivity contribution in [2.24, 2.45) is 0 Å². The number of hydrogen-bond acceptors (Lipinski definition) is 2. The summed E-state index contributed by atoms with van der Waals surface area (Å²) in [6.07, 6.45) is 7.49. The minimum Gasteiger partial charge on any atom is -0.449 e. The summed E-state index contributed by atoms with van der Waals surface area (Å²) in [5.74, 6) is 0.766. The topological polar surface area (TPSA) is 26.0 Å². The van der Waals surface area contributed by atoms with E-state index in [0.717, 1.165) is 24.4 Å². The molecule has 12 heavy (non-hydrogen) atoms. The zero-order valence-electron chi connectivity index (χ0n) is 7.68. The molecule has 0 bridgehead atoms. The third kappa shape index (κ3) is 3.07. The summed E-state index contributed by atoms with van der Waals surface area (Å²) in [4.78, 5) is 4.23. The Morgan fingerprint density at radius 2 is 2.25 bits per heavy atom. The van der Waals surface area contributed by atoms with Crippen LogP contribution in [0, 0.1) is 13.8 Å². The van der Waals surface area contributed by atoms with Gasteiger partial charge in [0.05, 0.1) is 5.69 Å². The van der Waals surface area contributed by atoms with Crippen molar-refractivity contribution in [2.75, 3.05) is 0 Å². The summed E-state index contributed by atoms with van der Waals surface area (Å²) in [5.41, 5.74) is 1.08. The van der Waals surface area contributed by atoms with Gasteiger partial charge in [-0.15, -0.1) is 0 Å². The van der Waals surface area contributed by atoms with Crippen LogP contribution in [0.5, 0.6) is 0 Å². The first kappa shape index (κ1) is 9.30. The van der Waals surface area contributed by atoms with E-state index in [1.807, 2.05) is 6.92 Å². The lowest BCUT2D eigenvalue weighted by atomic mass is 10.1. The van der Waals surface area contributed by atoms with Gasteiger partial charge in [0.2, 0.25) is 0 Å². The van der Waals surface area contributed by atoms with E-state index in [1.54, 1.807) is 6.26 Å². The van der Waals surface area contributed by atoms with Crippen molar-refractivity contribution >= 4 is 0 Å². The van der Waals surface area contributed by atoms with E-state index in [1.165, 1.54) is 19.3 Å². The van der Waals surface area contributed by atoms with E-state index >= 15 is 0 Å². The molecule has 2 nitrogen and oxygen atoms in total. The molecule has 0 aromatic carbocycles. The lowest BCUT2D eigenvalue weighted by Crippen LogP contribution is -1.85. The van der Waals surface area contributed by atoms with Crippen molar-refractivity contribution in [3.8, 4) is 0 Å². The fraction of sp³-hybridized carbons (Fsp3) is 0.600. The predicted octanol–water partition coefficient (Wildman–Crippen LogP) is 2.92. The number of hydrogen-bond donors (Lipinski definition) is 0. The second-order valence-electron chi connectivity index (χ2n) is 3.02. The van der Waals surface area contributed by atoms with Crippen molar-refractivity contribution in [2.45, 2.75) is 39.0 Å². The van der Waals surface area contributed by atoms with E-state index in [9.17, 15) is 0 Å². The zero-order chi connectivity index (χ0) is 8.81. The Morgan fingerprint density at radius 1 is 1.42 bits per heavy atom. The second-order valence-corrected chi connectivity index (χ2v) is 3.02. The van der Waals surface area contributed by atoms with Gasteiger partial charge in [-0.25, -0.2) is 4.98 Å². The van der Waals surface area contributed by atoms with Gasteiger partial charge in [-0.05, 0) is 12.8 Å². The molecule has 0 saturated carbocycles. The van der Waals surface area contributed by atoms with E-state index in [4.69, 9.17) is 4.42 Å². The highest BCUT2D eigenvalue weighted by Crippen LogP contribution is 2.07. The van der Waals surface area contributed by atoms with Crippen LogP contribution in [0.4, 0.5) is 0 Å². The van der Waals surface area contributed by atoms with Crippen LogP contribution in [0.25, 0.3) is 0 Å². The third-order valence-corrected chi connectivity index (χ3v) is 1.85. The fourth-order valence-corrected chi connectivity index (χ4v) is 1.18. The summed E-state index contributed by atoms with van der Waals surface area (Å²) in [6.45, 7) is 5.67. The van der Waals surface area contributed by atoms with Crippen molar-refractivity contribution in [3.05, 3.63) is 24.8 Å². The molecule has 0 unspecified atom stereocenters. The maximum Gasteiger partial charge on any atom is 0.191 e. The van der Waals surface area contributed by atoms with Crippen molar-refractivity contribution in [1.29, 1.82) is 0 Å². The summed E-state index contributed by atoms with van der Waals surface area (Å²) < 4.78 is 5.10. The van der Waals surface area contributed by atoms with Crippen LogP contribution in [0.15, 0.2) is 10.7 Å². The molecular weight excluding hydrogens is 150 g/mol. The van der Waals surface area contributed by atoms with E-state index in [0.29, 0.717) is 0 Å². The molecule has 0 aliphatic rings. The average molecular weight is 166 g/mol. The maximum absolute atomic E-state index is 5.10. The molecule has 1 aromatic heterocycles. The maximum atomic E-state index is 5.10. The Hall–Kier alpha value is -0.790. The Morgan fingerprint density at radius 3 is 2.83 bits per heavy atom. The van der Waals surface area contributed by atoms with Gasteiger partial charge in [-0.1, -0.05) is 26.2 Å². The first-order valence-corrected chi connectivity index (χ1v) is 4.53. The van der Waals surface area contributed by atoms with Gasteiger partial charge in [0, 0.05) is 6.92 Å². The summed E-state index contributed by atoms with van der Waals surface area (Å²) in [7, 11) is 0. The first-order valence-electron chi connectivity index (χ1n) is 4.53. The highest BCUT2D eigenvalue weighted by Gasteiger charge is 1.98. The second kappa shape index (κ2) is 4.96. The summed E-state index contributed by atoms with van der Waals surface area (Å²) in [6, 6.07) is 0. The van der Waals surface area contributed by atoms with Crippen LogP contribution in [-0.2, 0) is 6.42 Å². The van der Waals surface area contributed by atoms with E-state index in [-0.39, 0.29) is 0 Å². The van der Waals surface area contributed by atoms with Crippen LogP contribution in [0.3, 0.4) is 0 Å². The Bertz CT molecular complexity index is 217. The molecule has 0 saturated heterocycles. The predicted molar refractivity (Wildman–Crippen MR) is 48.8 cm³/mol. The molecule has 0 amide bonds. The zero-order valence-corrected chi connectivity index (χ0v) is 7.68. The van der Waals surface area contributed by atoms with Gasteiger partial charge in [-0.3, -0.25) is 0 Å². The molecule has 67 valence electrons. The Kier molecular flexibility index (Phi) is 3.85. The first-order chi connectivity index (χ1) is 5.83. The highest BCUT2D eigenvalue weighted by atomic mass is 16.3. The van der Waals surface area contributed by atoms with Gasteiger partial charge < -0.3 is 4.42 Å². The van der Waals surface area contributed by atoms with Gasteiger partial charge in [0.15, 0.2) is 5.89 Å². The monoisotopic (exact) mass is 166 g/mol. The van der Waals surface area contributed by atoms with Gasteiger partial charge in [0.25, 0.3) is 0 Å². The standard InChI is InChI=1S/C10H16NO/c1-3-4-5-6-7-10-8-12-9(2)11-10/h8H,1,3-7H2,2H3. The van der Waals surface area contributed by atoms with Crippen LogP contribution in [-0.4, -0.2) is 4.98 Å². The highest BCUT2D eigenvalue weighted by molar-refractivity contribution is 4.94. The molecule has 0 aliphatic carbocycles. The van der Waals surface area contributed by atoms with Gasteiger partial charge in [0.1, 0.15) is 6.26 Å². The number of oxazole rings is 1. The number of nitrogens with zero attached hydrogens (tertiary/aromatic N) is 1. The molecule has 0 fully saturated rings. The largest absolute Gasteiger partial charge is 0.449 e. The minimum atomic E-state index is 0.766. The number of unbranched alkanes of at least 4 members (excludes halogenated alkanes) is 3. The summed E-state index contributed by atoms with van der Waals surface area (Å²) in [5, 5.41) is 0. The number of aromatic nitrogens is 1. The number of rotatable bonds is 5. The van der Waals surface area contributed by atoms with Crippen LogP contribution >= 0.6 is 0 Å². The fourth-order valence-electron chi connectivity index (χ4n) is 1.18. The summed E-state index contributed by atoms with van der Waals surface area (Å²) >= 11 is 0. The van der Waals surface area contributed by atoms with Crippen LogP contribution in [0.1, 0.15) is 37.3 Å². The molecule has 1 aromatic rings. The van der Waals surface area contributed by atoms with Crippen LogP contribution < -0.4 is 0 Å². The molecule has 0 N–H and O–H groups in total. The molecule has 1 heterocycles. The van der Waals surface area contributed by atoms with Crippen molar-refractivity contribution in [1.82, 2.24) is 4.98 Å². The SMILES string of the molecule is [CH2]CCCCCc1coc(C)n1. The normalized spacial score (nSPS) is 10.5. The molecule has 0 aliphatic heterocycles. The molecule has 2 heteroatoms. The molecule has 0 spiro atoms. The molecule has 0 atom stereocenters. The Balaban J connectivity index is 2.15. The van der Waals surface area contributed by atoms with E-state index < -0.39 is 0 Å². The van der Waals surface area contributed by atoms with Gasteiger partial charge >= 0.3 is 0 Å². The average Bonchev–Trinajstić information content (AvgIpc) is 2.45. The lowest BCUT2D eigenvalue weighted by molar-refractivity contribution is 0.520. The van der Waals surface area contributed by atoms with Gasteiger partial charge in [-0.2, -0.15) is 0 Å². The van der Waals surface area contributed by atoms with Crippen molar-refractivity contribution < 1.29 is 4.42 Å². The number of aryl methyl sites for hydroxylation is 2. The third-order valence-electron chi connectivity index (χ3n) is 1.85. The smallest absolute Gasteiger partial charge is 0.191 e. The quantitative estimate of drug-likeness (QED) is 0.628. The molecular formula is C10H16NO. The Labute approximate surface area is 74.0 Å². The van der Waals surface area contributed by atoms with Crippen molar-refractivity contribution in [3.63, 3.8) is 0 Å². The molecule has 1 rings (SSSR count). The van der Waals surface area contributed by atoms with Crippen LogP contribution in [0.2, 0.25) is 0 Å². The van der Waals surface area contributed by atoms with E-state index in [2.05, 4.69) is 11.9 Å². The lowest BCUT2D eigenvalue weighted by Gasteiger charge is -1.94. The minimum absolute atomic E-state index is 0.766. The molecule has 1 radical (unpaired) electrons.